The van der Waals surface area contributed by atoms with Crippen molar-refractivity contribution in [1.29, 1.82) is 0 Å². The number of benzene rings is 2. The predicted molar refractivity (Wildman–Crippen MR) is 80.4 cm³/mol. The largest absolute Gasteiger partial charge is 0.322 e. The van der Waals surface area contributed by atoms with E-state index in [-0.39, 0.29) is 0 Å². The minimum absolute atomic E-state index is 0.309. The third-order valence-electron chi connectivity index (χ3n) is 3.41. The second-order valence-electron chi connectivity index (χ2n) is 4.65. The summed E-state index contributed by atoms with van der Waals surface area (Å²) in [6.45, 7) is 0. The smallest absolute Gasteiger partial charge is 0.316 e. The van der Waals surface area contributed by atoms with Gasteiger partial charge in [-0.15, -0.1) is 0 Å². The Morgan fingerprint density at radius 2 is 1.67 bits per heavy atom. The molecule has 3 rings (SSSR count). The van der Waals surface area contributed by atoms with Crippen molar-refractivity contribution in [3.63, 3.8) is 0 Å². The summed E-state index contributed by atoms with van der Waals surface area (Å²) in [5, 5.41) is 5.71. The molecule has 0 radical (unpaired) electrons. The van der Waals surface area contributed by atoms with Gasteiger partial charge in [-0.3, -0.25) is 10.1 Å². The van der Waals surface area contributed by atoms with Gasteiger partial charge in [-0.2, -0.15) is 0 Å². The Morgan fingerprint density at radius 3 is 2.24 bits per heavy atom. The van der Waals surface area contributed by atoms with E-state index in [9.17, 15) is 9.59 Å². The Morgan fingerprint density at radius 1 is 0.952 bits per heavy atom. The number of nitrogens with one attached hydrogen (secondary N) is 2. The topological polar surface area (TPSA) is 58.2 Å². The monoisotopic (exact) mass is 320 g/mol. The van der Waals surface area contributed by atoms with Crippen molar-refractivity contribution in [2.45, 2.75) is 5.54 Å². The van der Waals surface area contributed by atoms with Crippen LogP contribution in [-0.4, -0.2) is 11.9 Å². The molecule has 106 valence electrons. The Labute approximate surface area is 131 Å². The number of hydrogen-bond acceptors (Lipinski definition) is 2. The molecule has 2 aromatic rings. The lowest BCUT2D eigenvalue weighted by molar-refractivity contribution is -0.122. The Balaban J connectivity index is 2.27. The first-order valence-corrected chi connectivity index (χ1v) is 6.94. The third-order valence-corrected chi connectivity index (χ3v) is 3.96. The van der Waals surface area contributed by atoms with E-state index in [0.29, 0.717) is 21.2 Å². The van der Waals surface area contributed by atoms with Crippen molar-refractivity contribution in [2.24, 2.45) is 0 Å². The van der Waals surface area contributed by atoms with Crippen LogP contribution < -0.4 is 10.6 Å². The second-order valence-corrected chi connectivity index (χ2v) is 5.49. The molecule has 0 aliphatic carbocycles. The molecular formula is C15H10Cl2N2O2. The highest BCUT2D eigenvalue weighted by Gasteiger charge is 2.50. The van der Waals surface area contributed by atoms with E-state index in [2.05, 4.69) is 10.6 Å². The van der Waals surface area contributed by atoms with Gasteiger partial charge in [0.15, 0.2) is 5.54 Å². The van der Waals surface area contributed by atoms with Crippen molar-refractivity contribution < 1.29 is 9.59 Å². The Bertz CT molecular complexity index is 734. The van der Waals surface area contributed by atoms with Crippen LogP contribution in [-0.2, 0) is 10.3 Å². The zero-order chi connectivity index (χ0) is 15.0. The van der Waals surface area contributed by atoms with E-state index in [1.165, 1.54) is 0 Å². The van der Waals surface area contributed by atoms with Crippen LogP contribution in [0.4, 0.5) is 4.79 Å². The summed E-state index contributed by atoms with van der Waals surface area (Å²) >= 11 is 12.2. The normalized spacial score (nSPS) is 21.0. The minimum Gasteiger partial charge on any atom is -0.316 e. The first-order chi connectivity index (χ1) is 10.0. The molecule has 0 saturated carbocycles. The van der Waals surface area contributed by atoms with Crippen LogP contribution in [0.3, 0.4) is 0 Å². The van der Waals surface area contributed by atoms with Crippen LogP contribution in [0.5, 0.6) is 0 Å². The van der Waals surface area contributed by atoms with Crippen LogP contribution in [0, 0.1) is 0 Å². The lowest BCUT2D eigenvalue weighted by atomic mass is 9.83. The van der Waals surface area contributed by atoms with Crippen LogP contribution >= 0.6 is 23.2 Å². The van der Waals surface area contributed by atoms with Crippen LogP contribution in [0.25, 0.3) is 0 Å². The fraction of sp³-hybridized carbons (Fsp3) is 0.0667. The fourth-order valence-corrected chi connectivity index (χ4v) is 3.04. The molecule has 2 aromatic carbocycles. The van der Waals surface area contributed by atoms with E-state index in [1.807, 2.05) is 6.07 Å². The number of amides is 3. The van der Waals surface area contributed by atoms with Crippen LogP contribution in [0.1, 0.15) is 11.1 Å². The number of halogens is 2. The molecule has 0 spiro atoms. The lowest BCUT2D eigenvalue weighted by Gasteiger charge is -2.28. The number of imide groups is 1. The maximum Gasteiger partial charge on any atom is 0.322 e. The average Bonchev–Trinajstić information content (AvgIpc) is 2.75. The quantitative estimate of drug-likeness (QED) is 0.835. The molecule has 0 bridgehead atoms. The van der Waals surface area contributed by atoms with Crippen molar-refractivity contribution in [3.05, 3.63) is 69.7 Å². The average molecular weight is 321 g/mol. The molecule has 4 nitrogen and oxygen atoms in total. The van der Waals surface area contributed by atoms with E-state index in [1.54, 1.807) is 42.5 Å². The molecule has 3 amide bonds. The van der Waals surface area contributed by atoms with Crippen molar-refractivity contribution in [2.75, 3.05) is 0 Å². The van der Waals surface area contributed by atoms with E-state index >= 15 is 0 Å². The van der Waals surface area contributed by atoms with Gasteiger partial charge in [0.1, 0.15) is 0 Å². The molecule has 1 atom stereocenters. The molecule has 0 unspecified atom stereocenters. The van der Waals surface area contributed by atoms with Gasteiger partial charge in [0.05, 0.1) is 0 Å². The number of hydrogen-bond donors (Lipinski definition) is 2. The van der Waals surface area contributed by atoms with Crippen LogP contribution in [0.2, 0.25) is 10.0 Å². The van der Waals surface area contributed by atoms with Gasteiger partial charge in [0.2, 0.25) is 0 Å². The number of urea groups is 1. The zero-order valence-corrected chi connectivity index (χ0v) is 12.2. The highest BCUT2D eigenvalue weighted by atomic mass is 35.5. The van der Waals surface area contributed by atoms with E-state index in [0.717, 1.165) is 0 Å². The molecule has 1 aliphatic heterocycles. The first kappa shape index (κ1) is 13.9. The fourth-order valence-electron chi connectivity index (χ4n) is 2.49. The van der Waals surface area contributed by atoms with Gasteiger partial charge in [-0.25, -0.2) is 4.79 Å². The van der Waals surface area contributed by atoms with Gasteiger partial charge in [-0.1, -0.05) is 59.6 Å². The van der Waals surface area contributed by atoms with Crippen molar-refractivity contribution in [3.8, 4) is 0 Å². The third kappa shape index (κ3) is 2.17. The molecule has 6 heteroatoms. The maximum atomic E-state index is 12.5. The van der Waals surface area contributed by atoms with E-state index < -0.39 is 17.5 Å². The highest BCUT2D eigenvalue weighted by molar-refractivity contribution is 6.35. The standard InChI is InChI=1S/C15H10Cl2N2O2/c16-10-6-7-11(12(17)8-10)15(9-4-2-1-3-5-9)13(20)18-14(21)19-15/h1-8H,(H2,18,19,20,21)/t15-/m0/s1. The zero-order valence-electron chi connectivity index (χ0n) is 10.7. The second kappa shape index (κ2) is 5.06. The van der Waals surface area contributed by atoms with Gasteiger partial charge in [-0.05, 0) is 17.7 Å². The molecule has 21 heavy (non-hydrogen) atoms. The summed E-state index contributed by atoms with van der Waals surface area (Å²) in [6, 6.07) is 13.2. The summed E-state index contributed by atoms with van der Waals surface area (Å²) in [4.78, 5) is 24.1. The van der Waals surface area contributed by atoms with Crippen molar-refractivity contribution in [1.82, 2.24) is 10.6 Å². The molecular weight excluding hydrogens is 311 g/mol. The Kier molecular flexibility index (Phi) is 3.35. The number of rotatable bonds is 2. The van der Waals surface area contributed by atoms with Gasteiger partial charge in [0, 0.05) is 15.6 Å². The minimum atomic E-state index is -1.35. The molecule has 1 heterocycles. The van der Waals surface area contributed by atoms with Crippen molar-refractivity contribution >= 4 is 35.1 Å². The van der Waals surface area contributed by atoms with E-state index in [4.69, 9.17) is 23.2 Å². The van der Waals surface area contributed by atoms with Gasteiger partial charge >= 0.3 is 6.03 Å². The molecule has 1 fully saturated rings. The predicted octanol–water partition coefficient (Wildman–Crippen LogP) is 3.08. The number of carbonyl (C=O) groups is 2. The summed E-state index contributed by atoms with van der Waals surface area (Å²) in [5.41, 5.74) is -0.249. The molecule has 0 aromatic heterocycles. The van der Waals surface area contributed by atoms with Gasteiger partial charge < -0.3 is 5.32 Å². The first-order valence-electron chi connectivity index (χ1n) is 6.18. The summed E-state index contributed by atoms with van der Waals surface area (Å²) in [6.07, 6.45) is 0. The lowest BCUT2D eigenvalue weighted by Crippen LogP contribution is -2.45. The highest BCUT2D eigenvalue weighted by Crippen LogP contribution is 2.37. The molecule has 1 saturated heterocycles. The van der Waals surface area contributed by atoms with Crippen LogP contribution in [0.15, 0.2) is 48.5 Å². The SMILES string of the molecule is O=C1NC(=O)[C@](c2ccccc2)(c2ccc(Cl)cc2Cl)N1. The Hall–Kier alpha value is -2.04. The maximum absolute atomic E-state index is 12.5. The molecule has 2 N–H and O–H groups in total. The summed E-state index contributed by atoms with van der Waals surface area (Å²) in [5.74, 6) is -0.470. The summed E-state index contributed by atoms with van der Waals surface area (Å²) in [7, 11) is 0. The van der Waals surface area contributed by atoms with Gasteiger partial charge in [0.25, 0.3) is 5.91 Å². The summed E-state index contributed by atoms with van der Waals surface area (Å²) < 4.78 is 0. The molecule has 1 aliphatic rings. The number of carbonyl (C=O) groups excluding carboxylic acids is 2.